The second-order valence-corrected chi connectivity index (χ2v) is 8.28. The van der Waals surface area contributed by atoms with Crippen molar-refractivity contribution in [2.45, 2.75) is 3.32 Å². The first kappa shape index (κ1) is 14.8. The molecule has 0 atom stereocenters. The van der Waals surface area contributed by atoms with Crippen molar-refractivity contribution in [3.05, 3.63) is 57.0 Å². The van der Waals surface area contributed by atoms with Gasteiger partial charge in [0.05, 0.1) is 0 Å². The largest absolute Gasteiger partial charge is 0.419 e. The highest BCUT2D eigenvalue weighted by Gasteiger charge is 2.18. The van der Waals surface area contributed by atoms with Gasteiger partial charge in [-0.05, 0) is 41.0 Å². The molecular formula is C13H8Al2Br2O. The third-order valence-electron chi connectivity index (χ3n) is 2.57. The van der Waals surface area contributed by atoms with Crippen LogP contribution in [0.2, 0.25) is 0 Å². The second kappa shape index (κ2) is 5.82. The smallest absolute Gasteiger partial charge is 0.154 e. The van der Waals surface area contributed by atoms with Crippen molar-refractivity contribution in [3.8, 4) is 11.1 Å². The Morgan fingerprint density at radius 2 is 1.44 bits per heavy atom. The second-order valence-electron chi connectivity index (χ2n) is 4.02. The molecule has 2 rings (SSSR count). The molecule has 2 aromatic rings. The first-order valence-corrected chi connectivity index (χ1v) is 7.98. The molecule has 0 fully saturated rings. The monoisotopic (exact) mass is 392 g/mol. The van der Waals surface area contributed by atoms with Crippen LogP contribution in [0.3, 0.4) is 0 Å². The Balaban J connectivity index is 2.60. The molecule has 0 bridgehead atoms. The number of rotatable bonds is 2. The van der Waals surface area contributed by atoms with E-state index in [0.717, 1.165) is 25.6 Å². The summed E-state index contributed by atoms with van der Waals surface area (Å²) in [6.07, 6.45) is 0. The quantitative estimate of drug-likeness (QED) is 0.776. The summed E-state index contributed by atoms with van der Waals surface area (Å²) in [4.78, 5) is 0. The molecule has 86 valence electrons. The fourth-order valence-electron chi connectivity index (χ4n) is 1.73. The van der Waals surface area contributed by atoms with E-state index in [9.17, 15) is 5.11 Å². The van der Waals surface area contributed by atoms with Crippen molar-refractivity contribution in [1.82, 2.24) is 0 Å². The van der Waals surface area contributed by atoms with Crippen LogP contribution in [-0.2, 0) is 3.32 Å². The molecule has 0 heterocycles. The maximum absolute atomic E-state index is 10.2. The van der Waals surface area contributed by atoms with Gasteiger partial charge in [-0.25, -0.2) is 0 Å². The lowest BCUT2D eigenvalue weighted by Gasteiger charge is -2.25. The van der Waals surface area contributed by atoms with E-state index in [1.165, 1.54) is 0 Å². The molecule has 5 heteroatoms. The maximum Gasteiger partial charge on any atom is 0.154 e. The first-order chi connectivity index (χ1) is 8.38. The van der Waals surface area contributed by atoms with Gasteiger partial charge in [-0.15, -0.1) is 0 Å². The van der Waals surface area contributed by atoms with Crippen LogP contribution in [0.5, 0.6) is 0 Å². The average Bonchev–Trinajstić information content (AvgIpc) is 2.29. The van der Waals surface area contributed by atoms with Crippen LogP contribution in [0.1, 0.15) is 5.56 Å². The van der Waals surface area contributed by atoms with Crippen molar-refractivity contribution in [1.29, 1.82) is 0 Å². The van der Waals surface area contributed by atoms with Crippen LogP contribution in [0, 0.1) is 0 Å². The highest BCUT2D eigenvalue weighted by molar-refractivity contribution is 9.10. The summed E-state index contributed by atoms with van der Waals surface area (Å²) in [7, 11) is 0. The predicted octanol–water partition coefficient (Wildman–Crippen LogP) is 3.32. The van der Waals surface area contributed by atoms with Gasteiger partial charge >= 0.3 is 0 Å². The Morgan fingerprint density at radius 1 is 0.889 bits per heavy atom. The lowest BCUT2D eigenvalue weighted by molar-refractivity contribution is 0.217. The third-order valence-corrected chi connectivity index (χ3v) is 4.21. The molecule has 0 aromatic heterocycles. The van der Waals surface area contributed by atoms with Gasteiger partial charge in [0.1, 0.15) is 0 Å². The Hall–Kier alpha value is 0.425. The van der Waals surface area contributed by atoms with Gasteiger partial charge < -0.3 is 5.11 Å². The maximum atomic E-state index is 10.2. The van der Waals surface area contributed by atoms with Gasteiger partial charge in [0.15, 0.2) is 32.6 Å². The summed E-state index contributed by atoms with van der Waals surface area (Å²) in [6, 6.07) is 13.9. The summed E-state index contributed by atoms with van der Waals surface area (Å²) in [5, 5.41) is 10.2. The Kier molecular flexibility index (Phi) is 4.79. The van der Waals surface area contributed by atoms with E-state index in [2.05, 4.69) is 64.4 Å². The minimum Gasteiger partial charge on any atom is -0.419 e. The molecule has 0 spiro atoms. The van der Waals surface area contributed by atoms with Crippen molar-refractivity contribution >= 4 is 64.4 Å². The summed E-state index contributed by atoms with van der Waals surface area (Å²) < 4.78 is 0.949. The Morgan fingerprint density at radius 3 is 2.00 bits per heavy atom. The highest BCUT2D eigenvalue weighted by Crippen LogP contribution is 2.32. The van der Waals surface area contributed by atoms with E-state index in [1.54, 1.807) is 0 Å². The summed E-state index contributed by atoms with van der Waals surface area (Å²) in [5.74, 6) is 0. The normalized spacial score (nSPS) is 11.5. The van der Waals surface area contributed by atoms with E-state index < -0.39 is 3.32 Å². The van der Waals surface area contributed by atoms with Crippen molar-refractivity contribution in [3.63, 3.8) is 0 Å². The Labute approximate surface area is 140 Å². The lowest BCUT2D eigenvalue weighted by Crippen LogP contribution is -2.26. The van der Waals surface area contributed by atoms with Gasteiger partial charge in [0.25, 0.3) is 0 Å². The topological polar surface area (TPSA) is 20.2 Å². The van der Waals surface area contributed by atoms with Gasteiger partial charge in [-0.2, -0.15) is 0 Å². The standard InChI is InChI=1S/C13H8Br2O.2Al/c14-11-3-1-9(2-4-11)13-6-5-12(15)7-10(13)8-16;;/h1-7,16H;;. The molecule has 0 aliphatic carbocycles. The van der Waals surface area contributed by atoms with E-state index in [1.807, 2.05) is 42.5 Å². The summed E-state index contributed by atoms with van der Waals surface area (Å²) in [5.41, 5.74) is 2.93. The molecular weight excluding hydrogens is 386 g/mol. The number of aliphatic hydroxyl groups is 1. The fourth-order valence-corrected chi connectivity index (χ4v) is 2.83. The highest BCUT2D eigenvalue weighted by atomic mass is 79.9. The van der Waals surface area contributed by atoms with E-state index in [0.29, 0.717) is 0 Å². The predicted molar refractivity (Wildman–Crippen MR) is 82.7 cm³/mol. The molecule has 0 saturated heterocycles. The summed E-state index contributed by atoms with van der Waals surface area (Å²) in [6.45, 7) is 0. The molecule has 1 nitrogen and oxygen atoms in total. The molecule has 2 aromatic carbocycles. The molecule has 18 heavy (non-hydrogen) atoms. The van der Waals surface area contributed by atoms with Crippen LogP contribution in [0.15, 0.2) is 51.4 Å². The van der Waals surface area contributed by atoms with Crippen LogP contribution in [-0.4, -0.2) is 37.7 Å². The van der Waals surface area contributed by atoms with E-state index in [-0.39, 0.29) is 0 Å². The fraction of sp³-hybridized carbons (Fsp3) is 0.0769. The molecule has 4 radical (unpaired) electrons. The third kappa shape index (κ3) is 3.50. The van der Waals surface area contributed by atoms with Crippen molar-refractivity contribution < 1.29 is 5.11 Å². The van der Waals surface area contributed by atoms with E-state index in [4.69, 9.17) is 0 Å². The SMILES string of the molecule is O[C]([Al])([Al])c1cc(Br)ccc1-c1ccc(Br)cc1. The van der Waals surface area contributed by atoms with Crippen LogP contribution >= 0.6 is 31.9 Å². The molecule has 0 aliphatic heterocycles. The molecule has 0 unspecified atom stereocenters. The molecule has 0 aliphatic rings. The van der Waals surface area contributed by atoms with E-state index >= 15 is 0 Å². The average molecular weight is 394 g/mol. The molecule has 1 N–H and O–H groups in total. The first-order valence-electron chi connectivity index (χ1n) is 5.24. The number of halogens is 2. The zero-order chi connectivity index (χ0) is 13.3. The van der Waals surface area contributed by atoms with Crippen molar-refractivity contribution in [2.75, 3.05) is 0 Å². The van der Waals surface area contributed by atoms with Gasteiger partial charge in [0.2, 0.25) is 0 Å². The number of hydrogen-bond acceptors (Lipinski definition) is 1. The van der Waals surface area contributed by atoms with Gasteiger partial charge in [-0.3, -0.25) is 0 Å². The Bertz CT molecular complexity index is 562. The minimum atomic E-state index is -1.04. The van der Waals surface area contributed by atoms with Gasteiger partial charge in [-0.1, -0.05) is 53.4 Å². The minimum absolute atomic E-state index is 0.842. The molecule has 0 saturated carbocycles. The zero-order valence-corrected chi connectivity index (χ0v) is 14.9. The zero-order valence-electron chi connectivity index (χ0n) is 9.40. The summed E-state index contributed by atoms with van der Waals surface area (Å²) >= 11 is 11.7. The number of hydrogen-bond donors (Lipinski definition) is 1. The van der Waals surface area contributed by atoms with Crippen molar-refractivity contribution in [2.24, 2.45) is 0 Å². The van der Waals surface area contributed by atoms with Gasteiger partial charge in [0, 0.05) is 8.95 Å². The molecule has 0 amide bonds. The van der Waals surface area contributed by atoms with Crippen LogP contribution in [0.25, 0.3) is 11.1 Å². The van der Waals surface area contributed by atoms with Crippen LogP contribution in [0.4, 0.5) is 0 Å². The lowest BCUT2D eigenvalue weighted by atomic mass is 10.00. The number of benzene rings is 2. The van der Waals surface area contributed by atoms with Crippen LogP contribution < -0.4 is 0 Å².